The number of nitrogens with one attached hydrogen (secondary N) is 1. The third kappa shape index (κ3) is 6.07. The number of fused-ring (bicyclic) bond motifs is 1. The van der Waals surface area contributed by atoms with Crippen molar-refractivity contribution in [3.05, 3.63) is 69.8 Å². The van der Waals surface area contributed by atoms with Gasteiger partial charge in [0.25, 0.3) is 0 Å². The van der Waals surface area contributed by atoms with Crippen LogP contribution in [0.4, 0.5) is 5.82 Å². The molecule has 0 saturated carbocycles. The number of carbonyl (C=O) groups is 1. The van der Waals surface area contributed by atoms with Crippen molar-refractivity contribution >= 4 is 23.1 Å². The zero-order valence-electron chi connectivity index (χ0n) is 18.4. The van der Waals surface area contributed by atoms with Crippen LogP contribution in [-0.4, -0.2) is 35.7 Å². The summed E-state index contributed by atoms with van der Waals surface area (Å²) in [5.74, 6) is 1.69. The van der Waals surface area contributed by atoms with Gasteiger partial charge in [-0.3, -0.25) is 4.79 Å². The van der Waals surface area contributed by atoms with Crippen LogP contribution in [0.2, 0.25) is 0 Å². The average molecular weight is 452 g/mol. The molecule has 1 aliphatic rings. The fourth-order valence-electron chi connectivity index (χ4n) is 3.89. The van der Waals surface area contributed by atoms with Crippen LogP contribution in [0.3, 0.4) is 0 Å². The summed E-state index contributed by atoms with van der Waals surface area (Å²) in [4.78, 5) is 21.2. The normalized spacial score (nSPS) is 13.7. The number of anilines is 1. The Labute approximate surface area is 193 Å². The number of benzene rings is 1. The van der Waals surface area contributed by atoms with Crippen LogP contribution in [0.25, 0.3) is 0 Å². The lowest BCUT2D eigenvalue weighted by atomic mass is 9.96. The van der Waals surface area contributed by atoms with E-state index in [2.05, 4.69) is 34.6 Å². The monoisotopic (exact) mass is 451 g/mol. The largest absolute Gasteiger partial charge is 0.493 e. The first-order chi connectivity index (χ1) is 15.7. The maximum Gasteiger partial charge on any atom is 0.306 e. The van der Waals surface area contributed by atoms with Crippen LogP contribution in [0, 0.1) is 0 Å². The summed E-state index contributed by atoms with van der Waals surface area (Å²) in [6.45, 7) is 3.80. The smallest absolute Gasteiger partial charge is 0.306 e. The van der Waals surface area contributed by atoms with E-state index in [1.54, 1.807) is 17.5 Å². The molecule has 1 atom stereocenters. The predicted molar refractivity (Wildman–Crippen MR) is 126 cm³/mol. The van der Waals surface area contributed by atoms with Crippen molar-refractivity contribution in [1.82, 2.24) is 9.97 Å². The van der Waals surface area contributed by atoms with Crippen molar-refractivity contribution < 1.29 is 14.3 Å². The van der Waals surface area contributed by atoms with Crippen molar-refractivity contribution in [3.8, 4) is 5.75 Å². The Balaban J connectivity index is 1.30. The molecule has 32 heavy (non-hydrogen) atoms. The second-order valence-electron chi connectivity index (χ2n) is 7.86. The number of rotatable bonds is 10. The molecule has 0 aliphatic carbocycles. The average Bonchev–Trinajstić information content (AvgIpc) is 3.35. The quantitative estimate of drug-likeness (QED) is 0.447. The number of carbonyl (C=O) groups excluding carboxylic acids is 1. The number of hydrogen-bond acceptors (Lipinski definition) is 7. The Kier molecular flexibility index (Phi) is 7.72. The zero-order valence-corrected chi connectivity index (χ0v) is 19.2. The van der Waals surface area contributed by atoms with Crippen molar-refractivity contribution in [2.24, 2.45) is 0 Å². The SMILES string of the molecule is CCOC(=O)C[C@H](Cc1ccc(OCCc2ccc3c(n2)NCCC3)cc1)c1nccs1. The van der Waals surface area contributed by atoms with E-state index in [1.807, 2.05) is 24.4 Å². The van der Waals surface area contributed by atoms with E-state index >= 15 is 0 Å². The van der Waals surface area contributed by atoms with Gasteiger partial charge >= 0.3 is 5.97 Å². The van der Waals surface area contributed by atoms with Gasteiger partial charge in [0.2, 0.25) is 0 Å². The Hall–Kier alpha value is -2.93. The number of nitrogens with zero attached hydrogens (tertiary/aromatic N) is 2. The molecule has 4 rings (SSSR count). The summed E-state index contributed by atoms with van der Waals surface area (Å²) in [6, 6.07) is 12.4. The van der Waals surface area contributed by atoms with Gasteiger partial charge in [0, 0.05) is 36.2 Å². The second kappa shape index (κ2) is 11.1. The molecule has 0 amide bonds. The fraction of sp³-hybridized carbons (Fsp3) is 0.400. The molecule has 3 heterocycles. The minimum atomic E-state index is -0.182. The van der Waals surface area contributed by atoms with Gasteiger partial charge in [-0.1, -0.05) is 18.2 Å². The van der Waals surface area contributed by atoms with Crippen molar-refractivity contribution in [2.45, 2.75) is 44.9 Å². The van der Waals surface area contributed by atoms with Crippen molar-refractivity contribution in [2.75, 3.05) is 25.1 Å². The molecule has 1 aromatic carbocycles. The Morgan fingerprint density at radius 1 is 1.22 bits per heavy atom. The number of ether oxygens (including phenoxy) is 2. The first-order valence-corrected chi connectivity index (χ1v) is 12.1. The van der Waals surface area contributed by atoms with Crippen LogP contribution < -0.4 is 10.1 Å². The van der Waals surface area contributed by atoms with Crippen LogP contribution in [0.15, 0.2) is 48.0 Å². The van der Waals surface area contributed by atoms with Gasteiger partial charge in [-0.25, -0.2) is 9.97 Å². The minimum absolute atomic E-state index is 0.0181. The highest BCUT2D eigenvalue weighted by atomic mass is 32.1. The lowest BCUT2D eigenvalue weighted by Crippen LogP contribution is -2.14. The van der Waals surface area contributed by atoms with E-state index in [9.17, 15) is 4.79 Å². The van der Waals surface area contributed by atoms with Crippen molar-refractivity contribution in [1.29, 1.82) is 0 Å². The van der Waals surface area contributed by atoms with Gasteiger partial charge in [0.05, 0.1) is 24.6 Å². The maximum absolute atomic E-state index is 12.0. The number of hydrogen-bond donors (Lipinski definition) is 1. The summed E-state index contributed by atoms with van der Waals surface area (Å²) < 4.78 is 11.1. The lowest BCUT2D eigenvalue weighted by Gasteiger charge is -2.17. The summed E-state index contributed by atoms with van der Waals surface area (Å²) in [5, 5.41) is 6.28. The summed E-state index contributed by atoms with van der Waals surface area (Å²) in [7, 11) is 0. The summed E-state index contributed by atoms with van der Waals surface area (Å²) >= 11 is 1.58. The summed E-state index contributed by atoms with van der Waals surface area (Å²) in [5.41, 5.74) is 3.49. The highest BCUT2D eigenvalue weighted by Gasteiger charge is 2.20. The minimum Gasteiger partial charge on any atom is -0.493 e. The fourth-order valence-corrected chi connectivity index (χ4v) is 4.63. The molecule has 1 aliphatic heterocycles. The molecule has 1 N–H and O–H groups in total. The van der Waals surface area contributed by atoms with Gasteiger partial charge in [0.15, 0.2) is 0 Å². The maximum atomic E-state index is 12.0. The first kappa shape index (κ1) is 22.3. The molecule has 0 saturated heterocycles. The molecule has 2 aromatic heterocycles. The highest BCUT2D eigenvalue weighted by molar-refractivity contribution is 7.09. The molecule has 0 spiro atoms. The third-order valence-electron chi connectivity index (χ3n) is 5.50. The third-order valence-corrected chi connectivity index (χ3v) is 6.44. The van der Waals surface area contributed by atoms with Gasteiger partial charge in [-0.2, -0.15) is 0 Å². The predicted octanol–water partition coefficient (Wildman–Crippen LogP) is 4.80. The molecular formula is C25H29N3O3S. The second-order valence-corrected chi connectivity index (χ2v) is 8.79. The van der Waals surface area contributed by atoms with E-state index < -0.39 is 0 Å². The molecular weight excluding hydrogens is 422 g/mol. The Morgan fingerprint density at radius 3 is 2.88 bits per heavy atom. The highest BCUT2D eigenvalue weighted by Crippen LogP contribution is 2.27. The van der Waals surface area contributed by atoms with Crippen LogP contribution in [0.1, 0.15) is 47.5 Å². The zero-order chi connectivity index (χ0) is 22.2. The lowest BCUT2D eigenvalue weighted by molar-refractivity contribution is -0.143. The standard InChI is InChI=1S/C25H29N3O3S/c1-2-30-23(29)17-20(25-27-13-15-32-25)16-18-5-9-22(10-6-18)31-14-11-21-8-7-19-4-3-12-26-24(19)28-21/h5-10,13,15,20H,2-4,11-12,14,16-17H2,1H3,(H,26,28)/t20-/m0/s1. The number of thiazole rings is 1. The van der Waals surface area contributed by atoms with E-state index in [-0.39, 0.29) is 11.9 Å². The van der Waals surface area contributed by atoms with E-state index in [1.165, 1.54) is 12.0 Å². The van der Waals surface area contributed by atoms with Gasteiger partial charge in [-0.15, -0.1) is 11.3 Å². The van der Waals surface area contributed by atoms with E-state index in [0.717, 1.165) is 53.6 Å². The molecule has 3 aromatic rings. The number of aromatic nitrogens is 2. The molecule has 6 nitrogen and oxygen atoms in total. The van der Waals surface area contributed by atoms with Crippen LogP contribution >= 0.6 is 11.3 Å². The Morgan fingerprint density at radius 2 is 2.09 bits per heavy atom. The van der Waals surface area contributed by atoms with Gasteiger partial charge < -0.3 is 14.8 Å². The summed E-state index contributed by atoms with van der Waals surface area (Å²) in [6.07, 6.45) is 5.88. The Bertz CT molecular complexity index is 1010. The molecule has 0 fully saturated rings. The number of esters is 1. The number of pyridine rings is 1. The molecule has 168 valence electrons. The van der Waals surface area contributed by atoms with E-state index in [0.29, 0.717) is 19.6 Å². The molecule has 0 radical (unpaired) electrons. The topological polar surface area (TPSA) is 73.3 Å². The molecule has 0 bridgehead atoms. The van der Waals surface area contributed by atoms with Gasteiger partial charge in [-0.05, 0) is 55.5 Å². The van der Waals surface area contributed by atoms with Crippen LogP contribution in [0.5, 0.6) is 5.75 Å². The number of aryl methyl sites for hydroxylation is 1. The van der Waals surface area contributed by atoms with Crippen LogP contribution in [-0.2, 0) is 28.8 Å². The molecule has 0 unspecified atom stereocenters. The molecule has 7 heteroatoms. The van der Waals surface area contributed by atoms with Gasteiger partial charge in [0.1, 0.15) is 11.6 Å². The first-order valence-electron chi connectivity index (χ1n) is 11.2. The van der Waals surface area contributed by atoms with E-state index in [4.69, 9.17) is 14.5 Å². The van der Waals surface area contributed by atoms with Crippen molar-refractivity contribution in [3.63, 3.8) is 0 Å².